The second-order valence-electron chi connectivity index (χ2n) is 4.71. The monoisotopic (exact) mass is 350 g/mol. The predicted octanol–water partition coefficient (Wildman–Crippen LogP) is 4.55. The molecule has 0 atom stereocenters. The van der Waals surface area contributed by atoms with Crippen molar-refractivity contribution in [3.63, 3.8) is 0 Å². The van der Waals surface area contributed by atoms with Gasteiger partial charge < -0.3 is 4.74 Å². The Labute approximate surface area is 145 Å². The number of amides is 1. The first kappa shape index (κ1) is 17.3. The van der Waals surface area contributed by atoms with E-state index in [4.69, 9.17) is 27.9 Å². The summed E-state index contributed by atoms with van der Waals surface area (Å²) in [6, 6.07) is 12.2. The van der Waals surface area contributed by atoms with Gasteiger partial charge in [-0.25, -0.2) is 5.43 Å². The third-order valence-corrected chi connectivity index (χ3v) is 3.97. The Morgan fingerprint density at radius 1 is 1.09 bits per heavy atom. The second-order valence-corrected chi connectivity index (χ2v) is 5.52. The average molecular weight is 351 g/mol. The highest BCUT2D eigenvalue weighted by Gasteiger charge is 2.08. The summed E-state index contributed by atoms with van der Waals surface area (Å²) in [7, 11) is 1.61. The summed E-state index contributed by atoms with van der Waals surface area (Å²) in [4.78, 5) is 12.1. The van der Waals surface area contributed by atoms with Crippen LogP contribution in [0.25, 0.3) is 0 Å². The Hall–Kier alpha value is -2.04. The summed E-state index contributed by atoms with van der Waals surface area (Å²) in [5, 5.41) is 4.93. The van der Waals surface area contributed by atoms with E-state index in [2.05, 4.69) is 10.5 Å². The molecule has 1 amide bonds. The van der Waals surface area contributed by atoms with Crippen LogP contribution >= 0.6 is 23.2 Å². The van der Waals surface area contributed by atoms with Crippen LogP contribution in [-0.2, 0) is 0 Å². The molecule has 0 aromatic heterocycles. The topological polar surface area (TPSA) is 50.7 Å². The van der Waals surface area contributed by atoms with E-state index in [1.807, 2.05) is 31.2 Å². The van der Waals surface area contributed by atoms with Crippen molar-refractivity contribution < 1.29 is 9.53 Å². The first-order valence-corrected chi connectivity index (χ1v) is 7.77. The summed E-state index contributed by atoms with van der Waals surface area (Å²) in [5.41, 5.74) is 4.62. The van der Waals surface area contributed by atoms with Crippen molar-refractivity contribution in [1.82, 2.24) is 5.43 Å². The number of hydrazone groups is 1. The zero-order valence-electron chi connectivity index (χ0n) is 12.8. The van der Waals surface area contributed by atoms with Crippen LogP contribution in [0.2, 0.25) is 10.0 Å². The maximum absolute atomic E-state index is 12.1. The van der Waals surface area contributed by atoms with Crippen molar-refractivity contribution in [2.75, 3.05) is 7.11 Å². The number of ether oxygens (including phenoxy) is 1. The molecule has 4 nitrogen and oxygen atoms in total. The Morgan fingerprint density at radius 3 is 2.30 bits per heavy atom. The fraction of sp³-hybridized carbons (Fsp3) is 0.176. The van der Waals surface area contributed by atoms with Gasteiger partial charge in [0.15, 0.2) is 0 Å². The van der Waals surface area contributed by atoms with E-state index < -0.39 is 0 Å². The van der Waals surface area contributed by atoms with Crippen LogP contribution in [0.4, 0.5) is 0 Å². The summed E-state index contributed by atoms with van der Waals surface area (Å²) in [6.07, 6.45) is 0.675. The van der Waals surface area contributed by atoms with Crippen LogP contribution in [-0.4, -0.2) is 18.7 Å². The van der Waals surface area contributed by atoms with Gasteiger partial charge >= 0.3 is 0 Å². The van der Waals surface area contributed by atoms with Gasteiger partial charge in [0.25, 0.3) is 5.91 Å². The van der Waals surface area contributed by atoms with Crippen molar-refractivity contribution in [2.45, 2.75) is 13.3 Å². The molecule has 0 fully saturated rings. The third kappa shape index (κ3) is 4.47. The molecule has 0 radical (unpaired) electrons. The van der Waals surface area contributed by atoms with E-state index in [-0.39, 0.29) is 5.91 Å². The van der Waals surface area contributed by atoms with Crippen LogP contribution in [0.15, 0.2) is 47.6 Å². The molecular formula is C17H16Cl2N2O2. The molecule has 2 rings (SSSR count). The van der Waals surface area contributed by atoms with Gasteiger partial charge in [-0.15, -0.1) is 0 Å². The van der Waals surface area contributed by atoms with Crippen LogP contribution in [0.5, 0.6) is 5.75 Å². The normalized spacial score (nSPS) is 11.2. The molecule has 6 heteroatoms. The van der Waals surface area contributed by atoms with Crippen LogP contribution in [0, 0.1) is 0 Å². The van der Waals surface area contributed by atoms with Gasteiger partial charge in [0.1, 0.15) is 5.75 Å². The molecule has 0 unspecified atom stereocenters. The molecule has 120 valence electrons. The van der Waals surface area contributed by atoms with Crippen molar-refractivity contribution in [3.05, 3.63) is 63.6 Å². The summed E-state index contributed by atoms with van der Waals surface area (Å²) in [6.45, 7) is 1.97. The van der Waals surface area contributed by atoms with Gasteiger partial charge in [0.2, 0.25) is 0 Å². The highest BCUT2D eigenvalue weighted by atomic mass is 35.5. The lowest BCUT2D eigenvalue weighted by Crippen LogP contribution is -2.20. The SMILES string of the molecule is CCC(=NNC(=O)c1ccc(Cl)c(Cl)c1)c1ccc(OC)cc1. The van der Waals surface area contributed by atoms with Gasteiger partial charge in [0, 0.05) is 5.56 Å². The van der Waals surface area contributed by atoms with Gasteiger partial charge in [-0.05, 0) is 54.4 Å². The molecule has 0 saturated carbocycles. The zero-order valence-corrected chi connectivity index (χ0v) is 14.3. The van der Waals surface area contributed by atoms with Gasteiger partial charge in [-0.1, -0.05) is 30.1 Å². The minimum absolute atomic E-state index is 0.328. The smallest absolute Gasteiger partial charge is 0.271 e. The van der Waals surface area contributed by atoms with Crippen molar-refractivity contribution in [2.24, 2.45) is 5.10 Å². The molecule has 0 heterocycles. The molecule has 23 heavy (non-hydrogen) atoms. The number of nitrogens with zero attached hydrogens (tertiary/aromatic N) is 1. The first-order valence-electron chi connectivity index (χ1n) is 7.01. The van der Waals surface area contributed by atoms with E-state index in [0.717, 1.165) is 17.0 Å². The second kappa shape index (κ2) is 7.99. The van der Waals surface area contributed by atoms with E-state index in [0.29, 0.717) is 22.0 Å². The Kier molecular flexibility index (Phi) is 6.02. The standard InChI is InChI=1S/C17H16Cl2N2O2/c1-3-16(11-4-7-13(23-2)8-5-11)20-21-17(22)12-6-9-14(18)15(19)10-12/h4-10H,3H2,1-2H3,(H,21,22). The van der Waals surface area contributed by atoms with Crippen LogP contribution in [0.3, 0.4) is 0 Å². The summed E-state index contributed by atoms with van der Waals surface area (Å²) in [5.74, 6) is 0.423. The summed E-state index contributed by atoms with van der Waals surface area (Å²) < 4.78 is 5.13. The first-order chi connectivity index (χ1) is 11.0. The summed E-state index contributed by atoms with van der Waals surface area (Å²) >= 11 is 11.8. The number of methoxy groups -OCH3 is 1. The Morgan fingerprint density at radius 2 is 1.74 bits per heavy atom. The third-order valence-electron chi connectivity index (χ3n) is 3.23. The van der Waals surface area contributed by atoms with Gasteiger partial charge in [0.05, 0.1) is 22.9 Å². The number of benzene rings is 2. The minimum atomic E-state index is -0.344. The molecule has 0 spiro atoms. The minimum Gasteiger partial charge on any atom is -0.497 e. The Balaban J connectivity index is 2.14. The number of halogens is 2. The maximum atomic E-state index is 12.1. The van der Waals surface area contributed by atoms with Crippen molar-refractivity contribution in [1.29, 1.82) is 0 Å². The van der Waals surface area contributed by atoms with Crippen molar-refractivity contribution >= 4 is 34.8 Å². The number of hydrogen-bond donors (Lipinski definition) is 1. The number of hydrogen-bond acceptors (Lipinski definition) is 3. The number of carbonyl (C=O) groups is 1. The highest BCUT2D eigenvalue weighted by molar-refractivity contribution is 6.42. The Bertz CT molecular complexity index is 728. The highest BCUT2D eigenvalue weighted by Crippen LogP contribution is 2.22. The van der Waals surface area contributed by atoms with Crippen LogP contribution in [0.1, 0.15) is 29.3 Å². The average Bonchev–Trinajstić information content (AvgIpc) is 2.58. The fourth-order valence-electron chi connectivity index (χ4n) is 1.95. The number of rotatable bonds is 5. The maximum Gasteiger partial charge on any atom is 0.271 e. The lowest BCUT2D eigenvalue weighted by atomic mass is 10.1. The predicted molar refractivity (Wildman–Crippen MR) is 93.8 cm³/mol. The quantitative estimate of drug-likeness (QED) is 0.635. The van der Waals surface area contributed by atoms with Gasteiger partial charge in [-0.3, -0.25) is 4.79 Å². The molecule has 0 bridgehead atoms. The zero-order chi connectivity index (χ0) is 16.8. The lowest BCUT2D eigenvalue weighted by Gasteiger charge is -2.07. The number of nitrogens with one attached hydrogen (secondary N) is 1. The molecule has 1 N–H and O–H groups in total. The van der Waals surface area contributed by atoms with Gasteiger partial charge in [-0.2, -0.15) is 5.10 Å². The molecule has 0 aliphatic rings. The molecule has 0 aliphatic heterocycles. The van der Waals surface area contributed by atoms with E-state index in [9.17, 15) is 4.79 Å². The largest absolute Gasteiger partial charge is 0.497 e. The molecule has 0 aliphatic carbocycles. The van der Waals surface area contributed by atoms with E-state index in [1.165, 1.54) is 6.07 Å². The molecule has 0 saturated heterocycles. The molecular weight excluding hydrogens is 335 g/mol. The van der Waals surface area contributed by atoms with Crippen molar-refractivity contribution in [3.8, 4) is 5.75 Å². The van der Waals surface area contributed by atoms with Crippen LogP contribution < -0.4 is 10.2 Å². The van der Waals surface area contributed by atoms with E-state index in [1.54, 1.807) is 19.2 Å². The van der Waals surface area contributed by atoms with E-state index >= 15 is 0 Å². The fourth-order valence-corrected chi connectivity index (χ4v) is 2.25. The number of carbonyl (C=O) groups excluding carboxylic acids is 1. The lowest BCUT2D eigenvalue weighted by molar-refractivity contribution is 0.0955. The molecule has 2 aromatic rings. The molecule has 2 aromatic carbocycles.